The number of rotatable bonds is 7. The number of esters is 2. The third-order valence-corrected chi connectivity index (χ3v) is 4.80. The molecule has 0 aliphatic carbocycles. The van der Waals surface area contributed by atoms with Gasteiger partial charge in [-0.1, -0.05) is 24.3 Å². The standard InChI is InChI=1S/C20H19NO7S/c1-27-20(24)15-10-7-14(8-11-15)9-12-19(23)28-13-18(22)21-16-5-3-4-6-17(16)29(2,25)26/h3-12H,13H2,1-2H3,(H,21,22)/b12-9+. The molecule has 0 atom stereocenters. The predicted molar refractivity (Wildman–Crippen MR) is 106 cm³/mol. The van der Waals surface area contributed by atoms with Gasteiger partial charge in [-0.3, -0.25) is 4.79 Å². The van der Waals surface area contributed by atoms with Crippen LogP contribution < -0.4 is 5.32 Å². The number of benzene rings is 2. The zero-order valence-electron chi connectivity index (χ0n) is 15.7. The Bertz CT molecular complexity index is 1040. The number of hydrogen-bond acceptors (Lipinski definition) is 7. The first-order valence-electron chi connectivity index (χ1n) is 8.33. The number of nitrogens with one attached hydrogen (secondary N) is 1. The van der Waals surface area contributed by atoms with E-state index >= 15 is 0 Å². The SMILES string of the molecule is COC(=O)c1ccc(/C=C/C(=O)OCC(=O)Nc2ccccc2S(C)(=O)=O)cc1. The lowest BCUT2D eigenvalue weighted by Gasteiger charge is -2.09. The van der Waals surface area contributed by atoms with Crippen molar-refractivity contribution >= 4 is 39.4 Å². The summed E-state index contributed by atoms with van der Waals surface area (Å²) in [4.78, 5) is 35.0. The third-order valence-electron chi connectivity index (χ3n) is 3.65. The first kappa shape index (κ1) is 21.8. The van der Waals surface area contributed by atoms with E-state index in [1.807, 2.05) is 0 Å². The van der Waals surface area contributed by atoms with Crippen molar-refractivity contribution in [2.75, 3.05) is 25.3 Å². The summed E-state index contributed by atoms with van der Waals surface area (Å²) in [6.45, 7) is -0.581. The number of ether oxygens (including phenoxy) is 2. The van der Waals surface area contributed by atoms with Crippen molar-refractivity contribution in [2.45, 2.75) is 4.90 Å². The molecule has 2 aromatic carbocycles. The van der Waals surface area contributed by atoms with E-state index in [1.165, 1.54) is 31.4 Å². The normalized spacial score (nSPS) is 11.1. The maximum atomic E-state index is 11.9. The first-order valence-corrected chi connectivity index (χ1v) is 10.2. The quantitative estimate of drug-likeness (QED) is 0.541. The smallest absolute Gasteiger partial charge is 0.337 e. The van der Waals surface area contributed by atoms with Gasteiger partial charge in [0, 0.05) is 12.3 Å². The largest absolute Gasteiger partial charge is 0.465 e. The zero-order valence-corrected chi connectivity index (χ0v) is 16.6. The lowest BCUT2D eigenvalue weighted by molar-refractivity contribution is -0.142. The van der Waals surface area contributed by atoms with Crippen molar-refractivity contribution in [3.05, 3.63) is 65.7 Å². The molecule has 2 aromatic rings. The van der Waals surface area contributed by atoms with E-state index in [-0.39, 0.29) is 10.6 Å². The molecule has 1 amide bonds. The summed E-state index contributed by atoms with van der Waals surface area (Å²) in [5.41, 5.74) is 1.12. The van der Waals surface area contributed by atoms with E-state index in [0.717, 1.165) is 12.3 Å². The first-order chi connectivity index (χ1) is 13.7. The highest BCUT2D eigenvalue weighted by atomic mass is 32.2. The Kier molecular flexibility index (Phi) is 7.27. The maximum absolute atomic E-state index is 11.9. The fourth-order valence-corrected chi connectivity index (χ4v) is 3.12. The highest BCUT2D eigenvalue weighted by Gasteiger charge is 2.15. The van der Waals surface area contributed by atoms with Crippen molar-refractivity contribution in [3.63, 3.8) is 0 Å². The topological polar surface area (TPSA) is 116 Å². The fourth-order valence-electron chi connectivity index (χ4n) is 2.28. The number of para-hydroxylation sites is 1. The molecular formula is C20H19NO7S. The van der Waals surface area contributed by atoms with Crippen LogP contribution in [0.1, 0.15) is 15.9 Å². The van der Waals surface area contributed by atoms with Gasteiger partial charge in [0.15, 0.2) is 16.4 Å². The molecule has 0 spiro atoms. The average Bonchev–Trinajstić information content (AvgIpc) is 2.70. The summed E-state index contributed by atoms with van der Waals surface area (Å²) in [6, 6.07) is 12.2. The van der Waals surface area contributed by atoms with Gasteiger partial charge in [-0.2, -0.15) is 0 Å². The van der Waals surface area contributed by atoms with E-state index in [2.05, 4.69) is 10.1 Å². The van der Waals surface area contributed by atoms with Crippen molar-refractivity contribution in [2.24, 2.45) is 0 Å². The van der Waals surface area contributed by atoms with Crippen molar-refractivity contribution in [1.82, 2.24) is 0 Å². The number of carbonyl (C=O) groups is 3. The van der Waals surface area contributed by atoms with E-state index in [0.29, 0.717) is 11.1 Å². The molecule has 152 valence electrons. The lowest BCUT2D eigenvalue weighted by Crippen LogP contribution is -2.21. The second kappa shape index (κ2) is 9.65. The van der Waals surface area contributed by atoms with Crippen molar-refractivity contribution in [3.8, 4) is 0 Å². The fraction of sp³-hybridized carbons (Fsp3) is 0.150. The summed E-state index contributed by atoms with van der Waals surface area (Å²) in [5, 5.41) is 2.41. The van der Waals surface area contributed by atoms with Crippen LogP contribution in [0.4, 0.5) is 5.69 Å². The minimum atomic E-state index is -3.52. The van der Waals surface area contributed by atoms with Crippen LogP contribution in [-0.4, -0.2) is 46.2 Å². The summed E-state index contributed by atoms with van der Waals surface area (Å²) < 4.78 is 32.9. The van der Waals surface area contributed by atoms with E-state index in [9.17, 15) is 22.8 Å². The van der Waals surface area contributed by atoms with Crippen LogP contribution in [0.3, 0.4) is 0 Å². The van der Waals surface area contributed by atoms with Crippen LogP contribution in [-0.2, 0) is 28.9 Å². The Morgan fingerprint density at radius 1 is 1.03 bits per heavy atom. The average molecular weight is 417 g/mol. The molecule has 0 saturated carbocycles. The Balaban J connectivity index is 1.90. The van der Waals surface area contributed by atoms with Gasteiger partial charge < -0.3 is 14.8 Å². The Morgan fingerprint density at radius 3 is 2.31 bits per heavy atom. The molecule has 8 nitrogen and oxygen atoms in total. The van der Waals surface area contributed by atoms with Crippen LogP contribution in [0.5, 0.6) is 0 Å². The van der Waals surface area contributed by atoms with Gasteiger partial charge in [-0.05, 0) is 35.9 Å². The third kappa shape index (κ3) is 6.58. The van der Waals surface area contributed by atoms with Crippen LogP contribution in [0.2, 0.25) is 0 Å². The number of amides is 1. The number of sulfone groups is 1. The number of methoxy groups -OCH3 is 1. The van der Waals surface area contributed by atoms with Gasteiger partial charge >= 0.3 is 11.9 Å². The Morgan fingerprint density at radius 2 is 1.69 bits per heavy atom. The van der Waals surface area contributed by atoms with Gasteiger partial charge in [0.05, 0.1) is 23.3 Å². The highest BCUT2D eigenvalue weighted by Crippen LogP contribution is 2.20. The van der Waals surface area contributed by atoms with Gasteiger partial charge in [-0.15, -0.1) is 0 Å². The molecule has 0 bridgehead atoms. The van der Waals surface area contributed by atoms with Crippen molar-refractivity contribution < 1.29 is 32.3 Å². The Hall–Kier alpha value is -3.46. The minimum absolute atomic E-state index is 0.0324. The van der Waals surface area contributed by atoms with Crippen LogP contribution in [0.25, 0.3) is 6.08 Å². The second-order valence-corrected chi connectivity index (χ2v) is 7.86. The summed E-state index contributed by atoms with van der Waals surface area (Å²) in [5.74, 6) is -1.90. The number of hydrogen-bond donors (Lipinski definition) is 1. The molecule has 0 heterocycles. The second-order valence-electron chi connectivity index (χ2n) is 5.87. The lowest BCUT2D eigenvalue weighted by atomic mass is 10.1. The van der Waals surface area contributed by atoms with Gasteiger partial charge in [0.2, 0.25) is 0 Å². The zero-order chi connectivity index (χ0) is 21.4. The van der Waals surface area contributed by atoms with Crippen LogP contribution in [0.15, 0.2) is 59.5 Å². The van der Waals surface area contributed by atoms with E-state index in [4.69, 9.17) is 4.74 Å². The molecule has 29 heavy (non-hydrogen) atoms. The molecular weight excluding hydrogens is 398 g/mol. The van der Waals surface area contributed by atoms with Gasteiger partial charge in [0.25, 0.3) is 5.91 Å². The van der Waals surface area contributed by atoms with Crippen LogP contribution in [0, 0.1) is 0 Å². The molecule has 0 aliphatic rings. The number of anilines is 1. The maximum Gasteiger partial charge on any atom is 0.337 e. The van der Waals surface area contributed by atoms with E-state index in [1.54, 1.807) is 30.3 Å². The predicted octanol–water partition coefficient (Wildman–Crippen LogP) is 2.07. The molecule has 0 radical (unpaired) electrons. The monoisotopic (exact) mass is 417 g/mol. The molecule has 0 aliphatic heterocycles. The summed E-state index contributed by atoms with van der Waals surface area (Å²) in [6.07, 6.45) is 3.62. The van der Waals surface area contributed by atoms with Gasteiger partial charge in [0.1, 0.15) is 0 Å². The number of carbonyl (C=O) groups excluding carboxylic acids is 3. The Labute approximate surface area is 168 Å². The van der Waals surface area contributed by atoms with Crippen molar-refractivity contribution in [1.29, 1.82) is 0 Å². The molecule has 2 rings (SSSR count). The molecule has 0 fully saturated rings. The minimum Gasteiger partial charge on any atom is -0.465 e. The molecule has 0 saturated heterocycles. The summed E-state index contributed by atoms with van der Waals surface area (Å²) >= 11 is 0. The highest BCUT2D eigenvalue weighted by molar-refractivity contribution is 7.90. The van der Waals surface area contributed by atoms with E-state index < -0.39 is 34.3 Å². The molecule has 0 unspecified atom stereocenters. The molecule has 1 N–H and O–H groups in total. The molecule has 0 aromatic heterocycles. The summed E-state index contributed by atoms with van der Waals surface area (Å²) in [7, 11) is -2.24. The molecule has 9 heteroatoms. The van der Waals surface area contributed by atoms with Crippen LogP contribution >= 0.6 is 0 Å². The van der Waals surface area contributed by atoms with Gasteiger partial charge in [-0.25, -0.2) is 18.0 Å².